The van der Waals surface area contributed by atoms with E-state index in [-0.39, 0.29) is 17.7 Å². The predicted octanol–water partition coefficient (Wildman–Crippen LogP) is 1.70. The van der Waals surface area contributed by atoms with Gasteiger partial charge in [-0.25, -0.2) is 8.42 Å². The third kappa shape index (κ3) is 2.86. The second kappa shape index (κ2) is 5.70. The summed E-state index contributed by atoms with van der Waals surface area (Å²) in [5, 5.41) is 3.85. The minimum atomic E-state index is -3.10. The first-order chi connectivity index (χ1) is 9.99. The van der Waals surface area contributed by atoms with Crippen LogP contribution in [0.15, 0.2) is 10.8 Å². The van der Waals surface area contributed by atoms with Crippen LogP contribution < -0.4 is 0 Å². The van der Waals surface area contributed by atoms with E-state index in [1.54, 1.807) is 4.31 Å². The van der Waals surface area contributed by atoms with Crippen LogP contribution in [0.25, 0.3) is 0 Å². The Labute approximate surface area is 129 Å². The number of hydrogen-bond acceptors (Lipinski definition) is 4. The molecule has 116 valence electrons. The van der Waals surface area contributed by atoms with Crippen molar-refractivity contribution >= 4 is 27.3 Å². The molecule has 3 rings (SSSR count). The van der Waals surface area contributed by atoms with Gasteiger partial charge in [-0.3, -0.25) is 4.79 Å². The summed E-state index contributed by atoms with van der Waals surface area (Å²) in [7, 11) is -3.10. The molecule has 0 unspecified atom stereocenters. The number of carbonyl (C=O) groups is 1. The Kier molecular flexibility index (Phi) is 4.07. The zero-order chi connectivity index (χ0) is 15.0. The lowest BCUT2D eigenvalue weighted by Gasteiger charge is -2.36. The average molecular weight is 328 g/mol. The van der Waals surface area contributed by atoms with Gasteiger partial charge >= 0.3 is 0 Å². The quantitative estimate of drug-likeness (QED) is 0.830. The van der Waals surface area contributed by atoms with E-state index in [1.807, 2.05) is 22.6 Å². The minimum Gasteiger partial charge on any atom is -0.337 e. The van der Waals surface area contributed by atoms with E-state index >= 15 is 0 Å². The van der Waals surface area contributed by atoms with Gasteiger partial charge in [0.2, 0.25) is 10.0 Å². The Bertz CT molecular complexity index is 638. The maximum atomic E-state index is 12.6. The second-order valence-corrected chi connectivity index (χ2v) is 8.58. The fourth-order valence-corrected chi connectivity index (χ4v) is 5.78. The number of amides is 1. The van der Waals surface area contributed by atoms with Crippen molar-refractivity contribution in [1.29, 1.82) is 0 Å². The third-order valence-electron chi connectivity index (χ3n) is 4.32. The average Bonchev–Trinajstić information content (AvgIpc) is 3.03. The van der Waals surface area contributed by atoms with Crippen LogP contribution in [0.3, 0.4) is 0 Å². The summed E-state index contributed by atoms with van der Waals surface area (Å²) in [5.41, 5.74) is 1.76. The molecule has 0 radical (unpaired) electrons. The van der Waals surface area contributed by atoms with Gasteiger partial charge < -0.3 is 4.90 Å². The number of piperidine rings is 1. The summed E-state index contributed by atoms with van der Waals surface area (Å²) in [6.45, 7) is 3.79. The smallest absolute Gasteiger partial charge is 0.255 e. The molecule has 1 aromatic heterocycles. The van der Waals surface area contributed by atoms with Crippen LogP contribution in [0, 0.1) is 6.92 Å². The number of sulfonamides is 1. The van der Waals surface area contributed by atoms with Gasteiger partial charge in [0, 0.05) is 31.1 Å². The number of rotatable bonds is 2. The van der Waals surface area contributed by atoms with E-state index in [9.17, 15) is 13.2 Å². The standard InChI is InChI=1S/C14H20N2O3S2/c1-11-9-20-10-13(11)14(17)15-5-2-4-12(8-15)16-6-3-7-21(16,18)19/h9-10,12H,2-8H2,1H3/t12-/m1/s1. The van der Waals surface area contributed by atoms with Gasteiger partial charge in [-0.1, -0.05) is 0 Å². The topological polar surface area (TPSA) is 57.7 Å². The first-order valence-electron chi connectivity index (χ1n) is 7.30. The van der Waals surface area contributed by atoms with Gasteiger partial charge in [0.1, 0.15) is 0 Å². The van der Waals surface area contributed by atoms with E-state index in [4.69, 9.17) is 0 Å². The van der Waals surface area contributed by atoms with Gasteiger partial charge in [-0.15, -0.1) is 0 Å². The molecular weight excluding hydrogens is 308 g/mol. The molecule has 7 heteroatoms. The first kappa shape index (κ1) is 15.0. The van der Waals surface area contributed by atoms with E-state index in [0.29, 0.717) is 19.5 Å². The van der Waals surface area contributed by atoms with Crippen LogP contribution in [-0.2, 0) is 10.0 Å². The Morgan fingerprint density at radius 2 is 2.10 bits per heavy atom. The van der Waals surface area contributed by atoms with Crippen LogP contribution in [-0.4, -0.2) is 55.0 Å². The monoisotopic (exact) mass is 328 g/mol. The Hall–Kier alpha value is -0.920. The van der Waals surface area contributed by atoms with E-state index in [0.717, 1.165) is 30.5 Å². The van der Waals surface area contributed by atoms with Crippen LogP contribution in [0.4, 0.5) is 0 Å². The molecule has 5 nitrogen and oxygen atoms in total. The summed E-state index contributed by atoms with van der Waals surface area (Å²) >= 11 is 1.53. The molecule has 2 aliphatic rings. The highest BCUT2D eigenvalue weighted by Crippen LogP contribution is 2.25. The first-order valence-corrected chi connectivity index (χ1v) is 9.86. The van der Waals surface area contributed by atoms with E-state index < -0.39 is 10.0 Å². The SMILES string of the molecule is Cc1cscc1C(=O)N1CCC[C@@H](N2CCCS2(=O)=O)C1. The fourth-order valence-electron chi connectivity index (χ4n) is 3.19. The zero-order valence-electron chi connectivity index (χ0n) is 12.1. The zero-order valence-corrected chi connectivity index (χ0v) is 13.8. The molecule has 21 heavy (non-hydrogen) atoms. The van der Waals surface area contributed by atoms with Crippen LogP contribution in [0.5, 0.6) is 0 Å². The molecule has 1 atom stereocenters. The highest BCUT2D eigenvalue weighted by Gasteiger charge is 2.37. The van der Waals surface area contributed by atoms with E-state index in [2.05, 4.69) is 0 Å². The number of carbonyl (C=O) groups excluding carboxylic acids is 1. The van der Waals surface area contributed by atoms with Crippen molar-refractivity contribution in [2.75, 3.05) is 25.4 Å². The molecule has 0 bridgehead atoms. The highest BCUT2D eigenvalue weighted by atomic mass is 32.2. The number of aryl methyl sites for hydroxylation is 1. The van der Waals surface area contributed by atoms with Crippen molar-refractivity contribution in [1.82, 2.24) is 9.21 Å². The summed E-state index contributed by atoms with van der Waals surface area (Å²) in [6.07, 6.45) is 2.42. The minimum absolute atomic E-state index is 0.0371. The highest BCUT2D eigenvalue weighted by molar-refractivity contribution is 7.89. The van der Waals surface area contributed by atoms with Crippen molar-refractivity contribution in [3.05, 3.63) is 21.9 Å². The molecule has 2 fully saturated rings. The van der Waals surface area contributed by atoms with Crippen LogP contribution >= 0.6 is 11.3 Å². The maximum Gasteiger partial charge on any atom is 0.255 e. The molecule has 0 saturated carbocycles. The lowest BCUT2D eigenvalue weighted by atomic mass is 10.0. The third-order valence-corrected chi connectivity index (χ3v) is 7.18. The van der Waals surface area contributed by atoms with Crippen LogP contribution in [0.2, 0.25) is 0 Å². The van der Waals surface area contributed by atoms with Crippen molar-refractivity contribution < 1.29 is 13.2 Å². The molecule has 0 N–H and O–H groups in total. The molecule has 0 spiro atoms. The van der Waals surface area contributed by atoms with Crippen molar-refractivity contribution in [3.63, 3.8) is 0 Å². The van der Waals surface area contributed by atoms with Gasteiger partial charge in [0.05, 0.1) is 11.3 Å². The lowest BCUT2D eigenvalue weighted by molar-refractivity contribution is 0.0658. The Morgan fingerprint density at radius 1 is 1.29 bits per heavy atom. The molecule has 1 amide bonds. The number of nitrogens with zero attached hydrogens (tertiary/aromatic N) is 2. The van der Waals surface area contributed by atoms with Crippen LogP contribution in [0.1, 0.15) is 35.2 Å². The summed E-state index contributed by atoms with van der Waals surface area (Å²) in [6, 6.07) is -0.0471. The number of hydrogen-bond donors (Lipinski definition) is 0. The molecule has 2 aliphatic heterocycles. The normalized spacial score (nSPS) is 26.1. The Balaban J connectivity index is 1.74. The molecule has 1 aromatic rings. The van der Waals surface area contributed by atoms with Crippen molar-refractivity contribution in [2.24, 2.45) is 0 Å². The van der Waals surface area contributed by atoms with Gasteiger partial charge in [-0.2, -0.15) is 15.6 Å². The molecule has 2 saturated heterocycles. The maximum absolute atomic E-state index is 12.6. The summed E-state index contributed by atoms with van der Waals surface area (Å²) in [4.78, 5) is 14.4. The summed E-state index contributed by atoms with van der Waals surface area (Å²) in [5.74, 6) is 0.288. The number of likely N-dealkylation sites (tertiary alicyclic amines) is 1. The van der Waals surface area contributed by atoms with Gasteiger partial charge in [-0.05, 0) is 37.1 Å². The van der Waals surface area contributed by atoms with Crippen molar-refractivity contribution in [2.45, 2.75) is 32.2 Å². The number of thiophene rings is 1. The molecular formula is C14H20N2O3S2. The van der Waals surface area contributed by atoms with Crippen molar-refractivity contribution in [3.8, 4) is 0 Å². The summed E-state index contributed by atoms with van der Waals surface area (Å²) < 4.78 is 25.7. The fraction of sp³-hybridized carbons (Fsp3) is 0.643. The molecule has 0 aromatic carbocycles. The largest absolute Gasteiger partial charge is 0.337 e. The Morgan fingerprint density at radius 3 is 2.71 bits per heavy atom. The van der Waals surface area contributed by atoms with Gasteiger partial charge in [0.15, 0.2) is 0 Å². The second-order valence-electron chi connectivity index (χ2n) is 5.80. The molecule has 0 aliphatic carbocycles. The molecule has 3 heterocycles. The lowest BCUT2D eigenvalue weighted by Crippen LogP contribution is -2.50. The predicted molar refractivity (Wildman–Crippen MR) is 83.1 cm³/mol. The van der Waals surface area contributed by atoms with E-state index in [1.165, 1.54) is 11.3 Å². The van der Waals surface area contributed by atoms with Gasteiger partial charge in [0.25, 0.3) is 5.91 Å².